The van der Waals surface area contributed by atoms with Crippen molar-refractivity contribution < 1.29 is 4.79 Å². The number of nitrogens with zero attached hydrogens (tertiary/aromatic N) is 3. The molecular formula is C18H22N4O2. The molecule has 6 nitrogen and oxygen atoms in total. The molecule has 0 saturated carbocycles. The van der Waals surface area contributed by atoms with Gasteiger partial charge in [0.25, 0.3) is 5.56 Å². The van der Waals surface area contributed by atoms with Crippen LogP contribution in [0.25, 0.3) is 0 Å². The fourth-order valence-electron chi connectivity index (χ4n) is 3.14. The van der Waals surface area contributed by atoms with Gasteiger partial charge in [0.05, 0.1) is 17.8 Å². The Morgan fingerprint density at radius 3 is 2.88 bits per heavy atom. The second-order valence-corrected chi connectivity index (χ2v) is 6.07. The minimum Gasteiger partial charge on any atom is -0.369 e. The van der Waals surface area contributed by atoms with E-state index in [-0.39, 0.29) is 17.4 Å². The van der Waals surface area contributed by atoms with E-state index in [1.165, 1.54) is 6.07 Å². The highest BCUT2D eigenvalue weighted by molar-refractivity contribution is 5.80. The number of hydrogen-bond acceptors (Lipinski definition) is 4. The molecule has 1 amide bonds. The van der Waals surface area contributed by atoms with E-state index < -0.39 is 0 Å². The summed E-state index contributed by atoms with van der Waals surface area (Å²) in [5, 5.41) is 6.21. The third-order valence-corrected chi connectivity index (χ3v) is 4.46. The second-order valence-electron chi connectivity index (χ2n) is 6.07. The van der Waals surface area contributed by atoms with Gasteiger partial charge >= 0.3 is 0 Å². The number of rotatable bonds is 5. The highest BCUT2D eigenvalue weighted by Crippen LogP contribution is 2.24. The van der Waals surface area contributed by atoms with Crippen LogP contribution in [0.15, 0.2) is 47.4 Å². The van der Waals surface area contributed by atoms with Crippen molar-refractivity contribution in [2.45, 2.75) is 19.9 Å². The number of anilines is 1. The summed E-state index contributed by atoms with van der Waals surface area (Å²) in [6.45, 7) is 4.74. The van der Waals surface area contributed by atoms with Crippen LogP contribution in [0.4, 0.5) is 5.69 Å². The van der Waals surface area contributed by atoms with Crippen LogP contribution in [0.1, 0.15) is 18.9 Å². The Balaban J connectivity index is 1.65. The van der Waals surface area contributed by atoms with E-state index in [9.17, 15) is 9.59 Å². The molecule has 1 saturated heterocycles. The molecule has 3 rings (SSSR count). The molecule has 0 radical (unpaired) electrons. The van der Waals surface area contributed by atoms with Gasteiger partial charge in [-0.05, 0) is 18.9 Å². The van der Waals surface area contributed by atoms with E-state index in [1.807, 2.05) is 42.2 Å². The molecule has 24 heavy (non-hydrogen) atoms. The van der Waals surface area contributed by atoms with Crippen LogP contribution >= 0.6 is 0 Å². The summed E-state index contributed by atoms with van der Waals surface area (Å²) in [7, 11) is 0. The fraction of sp³-hybridized carbons (Fsp3) is 0.389. The molecule has 2 heterocycles. The predicted molar refractivity (Wildman–Crippen MR) is 92.7 cm³/mol. The number of amides is 1. The molecule has 126 valence electrons. The first-order valence-electron chi connectivity index (χ1n) is 8.29. The molecule has 1 N–H and O–H groups in total. The van der Waals surface area contributed by atoms with E-state index in [4.69, 9.17) is 0 Å². The maximum atomic E-state index is 12.8. The van der Waals surface area contributed by atoms with Crippen molar-refractivity contribution in [3.05, 3.63) is 58.5 Å². The zero-order valence-corrected chi connectivity index (χ0v) is 13.8. The van der Waals surface area contributed by atoms with Crippen molar-refractivity contribution in [3.8, 4) is 0 Å². The number of H-pyrrole nitrogens is 1. The van der Waals surface area contributed by atoms with E-state index in [0.29, 0.717) is 19.6 Å². The fourth-order valence-corrected chi connectivity index (χ4v) is 3.14. The Kier molecular flexibility index (Phi) is 4.93. The van der Waals surface area contributed by atoms with Crippen LogP contribution in [-0.4, -0.2) is 40.6 Å². The van der Waals surface area contributed by atoms with Crippen molar-refractivity contribution in [2.24, 2.45) is 5.92 Å². The third kappa shape index (κ3) is 3.64. The Labute approximate surface area is 141 Å². The smallest absolute Gasteiger partial charge is 0.266 e. The number of aromatic nitrogens is 2. The first-order valence-corrected chi connectivity index (χ1v) is 8.29. The Morgan fingerprint density at radius 2 is 2.17 bits per heavy atom. The van der Waals surface area contributed by atoms with Gasteiger partial charge in [-0.2, -0.15) is 5.10 Å². The van der Waals surface area contributed by atoms with Gasteiger partial charge in [0.15, 0.2) is 0 Å². The summed E-state index contributed by atoms with van der Waals surface area (Å²) < 4.78 is 0. The topological polar surface area (TPSA) is 69.3 Å². The average molecular weight is 326 g/mol. The minimum absolute atomic E-state index is 0.0343. The summed E-state index contributed by atoms with van der Waals surface area (Å²) >= 11 is 0. The van der Waals surface area contributed by atoms with Gasteiger partial charge in [-0.3, -0.25) is 9.59 Å². The predicted octanol–water partition coefficient (Wildman–Crippen LogP) is 1.64. The highest BCUT2D eigenvalue weighted by Gasteiger charge is 2.31. The van der Waals surface area contributed by atoms with Gasteiger partial charge in [-0.1, -0.05) is 30.3 Å². The van der Waals surface area contributed by atoms with Gasteiger partial charge < -0.3 is 9.80 Å². The molecule has 6 heteroatoms. The lowest BCUT2D eigenvalue weighted by molar-refractivity contribution is -0.135. The lowest BCUT2D eigenvalue weighted by Gasteiger charge is -2.25. The van der Waals surface area contributed by atoms with Crippen molar-refractivity contribution in [2.75, 3.05) is 24.5 Å². The number of carbonyl (C=O) groups is 1. The molecule has 1 aromatic carbocycles. The largest absolute Gasteiger partial charge is 0.369 e. The molecule has 1 aliphatic rings. The van der Waals surface area contributed by atoms with Gasteiger partial charge in [0, 0.05) is 32.2 Å². The van der Waals surface area contributed by atoms with Gasteiger partial charge in [0.1, 0.15) is 0 Å². The number of benzene rings is 1. The Bertz CT molecular complexity index is 744. The monoisotopic (exact) mass is 326 g/mol. The molecule has 1 aliphatic heterocycles. The molecule has 0 spiro atoms. The zero-order chi connectivity index (χ0) is 16.9. The van der Waals surface area contributed by atoms with Crippen molar-refractivity contribution >= 4 is 11.6 Å². The molecule has 2 aromatic rings. The summed E-state index contributed by atoms with van der Waals surface area (Å²) in [4.78, 5) is 28.2. The van der Waals surface area contributed by atoms with Gasteiger partial charge in [0.2, 0.25) is 5.91 Å². The SMILES string of the molecule is CCN(Cc1ccccc1)C(=O)C1CCN(c2cn[nH]c(=O)c2)C1. The van der Waals surface area contributed by atoms with Crippen molar-refractivity contribution in [3.63, 3.8) is 0 Å². The quantitative estimate of drug-likeness (QED) is 0.907. The second kappa shape index (κ2) is 7.29. The standard InChI is InChI=1S/C18H22N4O2/c1-2-21(12-14-6-4-3-5-7-14)18(24)15-8-9-22(13-15)16-10-17(23)20-19-11-16/h3-7,10-11,15H,2,8-9,12-13H2,1H3,(H,20,23). The summed E-state index contributed by atoms with van der Waals surface area (Å²) in [6, 6.07) is 11.6. The number of aromatic amines is 1. The third-order valence-electron chi connectivity index (χ3n) is 4.46. The van der Waals surface area contributed by atoms with Crippen LogP contribution in [-0.2, 0) is 11.3 Å². The molecular weight excluding hydrogens is 304 g/mol. The molecule has 1 unspecified atom stereocenters. The van der Waals surface area contributed by atoms with E-state index in [0.717, 1.165) is 24.2 Å². The lowest BCUT2D eigenvalue weighted by Crippen LogP contribution is -2.37. The first kappa shape index (κ1) is 16.2. The number of nitrogens with one attached hydrogen (secondary N) is 1. The van der Waals surface area contributed by atoms with E-state index in [2.05, 4.69) is 15.1 Å². The maximum Gasteiger partial charge on any atom is 0.266 e. The number of carbonyl (C=O) groups excluding carboxylic acids is 1. The molecule has 1 atom stereocenters. The summed E-state index contributed by atoms with van der Waals surface area (Å²) in [6.07, 6.45) is 2.44. The van der Waals surface area contributed by atoms with Crippen LogP contribution in [0.2, 0.25) is 0 Å². The Hall–Kier alpha value is -2.63. The Morgan fingerprint density at radius 1 is 1.38 bits per heavy atom. The maximum absolute atomic E-state index is 12.8. The highest BCUT2D eigenvalue weighted by atomic mass is 16.2. The lowest BCUT2D eigenvalue weighted by atomic mass is 10.1. The van der Waals surface area contributed by atoms with Crippen LogP contribution in [0, 0.1) is 5.92 Å². The van der Waals surface area contributed by atoms with Crippen LogP contribution in [0.5, 0.6) is 0 Å². The number of hydrogen-bond donors (Lipinski definition) is 1. The van der Waals surface area contributed by atoms with Gasteiger partial charge in [-0.15, -0.1) is 0 Å². The summed E-state index contributed by atoms with van der Waals surface area (Å²) in [5.41, 5.74) is 1.70. The van der Waals surface area contributed by atoms with E-state index >= 15 is 0 Å². The molecule has 1 fully saturated rings. The zero-order valence-electron chi connectivity index (χ0n) is 13.8. The van der Waals surface area contributed by atoms with Crippen LogP contribution < -0.4 is 10.5 Å². The van der Waals surface area contributed by atoms with Gasteiger partial charge in [-0.25, -0.2) is 5.10 Å². The van der Waals surface area contributed by atoms with Crippen molar-refractivity contribution in [1.29, 1.82) is 0 Å². The molecule has 0 bridgehead atoms. The molecule has 0 aliphatic carbocycles. The van der Waals surface area contributed by atoms with Crippen LogP contribution in [0.3, 0.4) is 0 Å². The average Bonchev–Trinajstić information content (AvgIpc) is 3.10. The van der Waals surface area contributed by atoms with E-state index in [1.54, 1.807) is 6.20 Å². The summed E-state index contributed by atoms with van der Waals surface area (Å²) in [5.74, 6) is 0.148. The minimum atomic E-state index is -0.221. The first-order chi connectivity index (χ1) is 11.7. The van der Waals surface area contributed by atoms with Crippen molar-refractivity contribution in [1.82, 2.24) is 15.1 Å². The molecule has 1 aromatic heterocycles. The normalized spacial score (nSPS) is 17.0.